The number of ether oxygens (including phenoxy) is 1. The average Bonchev–Trinajstić information content (AvgIpc) is 2.56. The average molecular weight is 262 g/mol. The summed E-state index contributed by atoms with van der Waals surface area (Å²) in [5.74, 6) is 1.98. The van der Waals surface area contributed by atoms with Gasteiger partial charge in [0.25, 0.3) is 0 Å². The smallest absolute Gasteiger partial charge is 0.143 e. The standard InChI is InChI=1S/C9H16BrN3O/c1-7(14-3)4-5-8-11-12-9(6-10)13(8)2/h7H,4-6H2,1-3H3. The summed E-state index contributed by atoms with van der Waals surface area (Å²) in [6, 6.07) is 0. The number of hydrogen-bond acceptors (Lipinski definition) is 3. The molecule has 4 nitrogen and oxygen atoms in total. The Morgan fingerprint density at radius 3 is 2.57 bits per heavy atom. The number of alkyl halides is 1. The summed E-state index contributed by atoms with van der Waals surface area (Å²) in [7, 11) is 3.72. The quantitative estimate of drug-likeness (QED) is 0.758. The lowest BCUT2D eigenvalue weighted by molar-refractivity contribution is 0.110. The highest BCUT2D eigenvalue weighted by atomic mass is 79.9. The Morgan fingerprint density at radius 1 is 1.43 bits per heavy atom. The molecule has 1 rings (SSSR count). The van der Waals surface area contributed by atoms with Crippen LogP contribution >= 0.6 is 15.9 Å². The van der Waals surface area contributed by atoms with Gasteiger partial charge in [0.05, 0.1) is 11.4 Å². The fraction of sp³-hybridized carbons (Fsp3) is 0.778. The highest BCUT2D eigenvalue weighted by molar-refractivity contribution is 9.08. The predicted molar refractivity (Wildman–Crippen MR) is 58.4 cm³/mol. The molecule has 0 bridgehead atoms. The van der Waals surface area contributed by atoms with Crippen molar-refractivity contribution >= 4 is 15.9 Å². The van der Waals surface area contributed by atoms with Crippen molar-refractivity contribution in [3.8, 4) is 0 Å². The van der Waals surface area contributed by atoms with Crippen molar-refractivity contribution in [2.75, 3.05) is 7.11 Å². The molecule has 5 heteroatoms. The van der Waals surface area contributed by atoms with Gasteiger partial charge in [0.2, 0.25) is 0 Å². The number of hydrogen-bond donors (Lipinski definition) is 0. The van der Waals surface area contributed by atoms with Gasteiger partial charge in [-0.3, -0.25) is 0 Å². The summed E-state index contributed by atoms with van der Waals surface area (Å²) < 4.78 is 7.20. The monoisotopic (exact) mass is 261 g/mol. The SMILES string of the molecule is COC(C)CCc1nnc(CBr)n1C. The van der Waals surface area contributed by atoms with E-state index < -0.39 is 0 Å². The van der Waals surface area contributed by atoms with Gasteiger partial charge in [0.15, 0.2) is 0 Å². The number of nitrogens with zero attached hydrogens (tertiary/aromatic N) is 3. The zero-order valence-corrected chi connectivity index (χ0v) is 10.4. The summed E-state index contributed by atoms with van der Waals surface area (Å²) in [4.78, 5) is 0. The number of aryl methyl sites for hydroxylation is 1. The molecule has 0 fully saturated rings. The zero-order valence-electron chi connectivity index (χ0n) is 8.83. The van der Waals surface area contributed by atoms with E-state index in [0.29, 0.717) is 0 Å². The minimum atomic E-state index is 0.277. The van der Waals surface area contributed by atoms with Crippen LogP contribution in [0.15, 0.2) is 0 Å². The van der Waals surface area contributed by atoms with Crippen LogP contribution in [0.25, 0.3) is 0 Å². The van der Waals surface area contributed by atoms with Crippen molar-refractivity contribution in [1.82, 2.24) is 14.8 Å². The molecule has 1 heterocycles. The molecule has 0 aromatic carbocycles. The molecule has 1 atom stereocenters. The third kappa shape index (κ3) is 2.78. The van der Waals surface area contributed by atoms with Gasteiger partial charge in [-0.25, -0.2) is 0 Å². The van der Waals surface area contributed by atoms with E-state index in [9.17, 15) is 0 Å². The number of rotatable bonds is 5. The third-order valence-corrected chi connectivity index (χ3v) is 2.85. The van der Waals surface area contributed by atoms with E-state index >= 15 is 0 Å². The molecule has 0 spiro atoms. The molecule has 1 aromatic rings. The zero-order chi connectivity index (χ0) is 10.6. The number of methoxy groups -OCH3 is 1. The Labute approximate surface area is 92.8 Å². The van der Waals surface area contributed by atoms with E-state index in [1.54, 1.807) is 7.11 Å². The van der Waals surface area contributed by atoms with Crippen LogP contribution < -0.4 is 0 Å². The van der Waals surface area contributed by atoms with Crippen molar-refractivity contribution in [2.45, 2.75) is 31.2 Å². The molecule has 1 unspecified atom stereocenters. The van der Waals surface area contributed by atoms with Crippen LogP contribution in [0.1, 0.15) is 25.0 Å². The van der Waals surface area contributed by atoms with Crippen LogP contribution in [0.4, 0.5) is 0 Å². The second-order valence-electron chi connectivity index (χ2n) is 3.31. The second-order valence-corrected chi connectivity index (χ2v) is 3.87. The van der Waals surface area contributed by atoms with E-state index in [1.807, 2.05) is 11.6 Å². The van der Waals surface area contributed by atoms with Crippen molar-refractivity contribution in [3.05, 3.63) is 11.6 Å². The van der Waals surface area contributed by atoms with E-state index in [-0.39, 0.29) is 6.10 Å². The Morgan fingerprint density at radius 2 is 2.07 bits per heavy atom. The highest BCUT2D eigenvalue weighted by Crippen LogP contribution is 2.07. The summed E-state index contributed by atoms with van der Waals surface area (Å²) >= 11 is 3.37. The van der Waals surface area contributed by atoms with E-state index in [2.05, 4.69) is 33.1 Å². The molecular weight excluding hydrogens is 246 g/mol. The molecule has 0 aliphatic carbocycles. The van der Waals surface area contributed by atoms with Gasteiger partial charge in [-0.05, 0) is 13.3 Å². The number of halogens is 1. The lowest BCUT2D eigenvalue weighted by atomic mass is 10.2. The molecule has 0 aliphatic heterocycles. The first-order valence-electron chi connectivity index (χ1n) is 4.65. The fourth-order valence-electron chi connectivity index (χ4n) is 1.18. The van der Waals surface area contributed by atoms with Gasteiger partial charge < -0.3 is 9.30 Å². The summed E-state index contributed by atoms with van der Waals surface area (Å²) in [5, 5.41) is 8.93. The maximum Gasteiger partial charge on any atom is 0.143 e. The summed E-state index contributed by atoms with van der Waals surface area (Å²) in [6.07, 6.45) is 2.16. The Hall–Kier alpha value is -0.420. The lowest BCUT2D eigenvalue weighted by Gasteiger charge is -2.08. The lowest BCUT2D eigenvalue weighted by Crippen LogP contribution is -2.09. The van der Waals surface area contributed by atoms with Gasteiger partial charge in [0.1, 0.15) is 11.6 Å². The van der Waals surface area contributed by atoms with Crippen LogP contribution in [0.3, 0.4) is 0 Å². The summed E-state index contributed by atoms with van der Waals surface area (Å²) in [6.45, 7) is 2.06. The molecule has 0 radical (unpaired) electrons. The topological polar surface area (TPSA) is 39.9 Å². The van der Waals surface area contributed by atoms with Gasteiger partial charge in [-0.2, -0.15) is 0 Å². The van der Waals surface area contributed by atoms with Gasteiger partial charge >= 0.3 is 0 Å². The van der Waals surface area contributed by atoms with E-state index in [4.69, 9.17) is 4.74 Å². The van der Waals surface area contributed by atoms with Crippen LogP contribution in [-0.2, 0) is 23.5 Å². The van der Waals surface area contributed by atoms with Gasteiger partial charge in [-0.15, -0.1) is 10.2 Å². The Balaban J connectivity index is 2.54. The molecule has 0 saturated heterocycles. The van der Waals surface area contributed by atoms with Crippen LogP contribution in [0, 0.1) is 0 Å². The largest absolute Gasteiger partial charge is 0.382 e. The molecule has 0 saturated carbocycles. The maximum absolute atomic E-state index is 5.18. The molecular formula is C9H16BrN3O. The minimum absolute atomic E-state index is 0.277. The Kier molecular flexibility index (Phi) is 4.54. The maximum atomic E-state index is 5.18. The van der Waals surface area contributed by atoms with Crippen LogP contribution in [0.5, 0.6) is 0 Å². The highest BCUT2D eigenvalue weighted by Gasteiger charge is 2.08. The van der Waals surface area contributed by atoms with Crippen molar-refractivity contribution in [1.29, 1.82) is 0 Å². The Bertz CT molecular complexity index is 288. The fourth-order valence-corrected chi connectivity index (χ4v) is 1.67. The second kappa shape index (κ2) is 5.46. The minimum Gasteiger partial charge on any atom is -0.382 e. The normalized spacial score (nSPS) is 13.1. The van der Waals surface area contributed by atoms with Crippen LogP contribution in [-0.4, -0.2) is 28.0 Å². The third-order valence-electron chi connectivity index (χ3n) is 2.35. The van der Waals surface area contributed by atoms with Crippen molar-refractivity contribution in [3.63, 3.8) is 0 Å². The first kappa shape index (κ1) is 11.7. The molecule has 0 aliphatic rings. The first-order chi connectivity index (χ1) is 6.69. The van der Waals surface area contributed by atoms with Crippen molar-refractivity contribution < 1.29 is 4.74 Å². The van der Waals surface area contributed by atoms with Gasteiger partial charge in [-0.1, -0.05) is 15.9 Å². The molecule has 0 N–H and O–H groups in total. The first-order valence-corrected chi connectivity index (χ1v) is 5.77. The predicted octanol–water partition coefficient (Wildman–Crippen LogP) is 1.68. The summed E-state index contributed by atoms with van der Waals surface area (Å²) in [5.41, 5.74) is 0. The number of aromatic nitrogens is 3. The van der Waals surface area contributed by atoms with Crippen LogP contribution in [0.2, 0.25) is 0 Å². The molecule has 1 aromatic heterocycles. The van der Waals surface area contributed by atoms with E-state index in [0.717, 1.165) is 29.8 Å². The molecule has 14 heavy (non-hydrogen) atoms. The van der Waals surface area contributed by atoms with E-state index in [1.165, 1.54) is 0 Å². The van der Waals surface area contributed by atoms with Gasteiger partial charge in [0, 0.05) is 20.6 Å². The molecule has 80 valence electrons. The molecule has 0 amide bonds. The van der Waals surface area contributed by atoms with Crippen molar-refractivity contribution in [2.24, 2.45) is 7.05 Å².